The Labute approximate surface area is 182 Å². The van der Waals surface area contributed by atoms with Crippen LogP contribution in [0.2, 0.25) is 0 Å². The molecule has 0 amide bonds. The van der Waals surface area contributed by atoms with Gasteiger partial charge in [-0.2, -0.15) is 0 Å². The second-order valence-electron chi connectivity index (χ2n) is 8.55. The molecule has 0 aliphatic carbocycles. The van der Waals surface area contributed by atoms with E-state index in [0.717, 1.165) is 50.4 Å². The summed E-state index contributed by atoms with van der Waals surface area (Å²) in [5.74, 6) is 1.72. The van der Waals surface area contributed by atoms with Gasteiger partial charge in [-0.3, -0.25) is 4.79 Å². The Kier molecular flexibility index (Phi) is 5.33. The molecule has 4 heteroatoms. The lowest BCUT2D eigenvalue weighted by Crippen LogP contribution is -2.44. The summed E-state index contributed by atoms with van der Waals surface area (Å²) in [5.41, 5.74) is 3.17. The maximum atomic E-state index is 13.1. The van der Waals surface area contributed by atoms with Crippen molar-refractivity contribution in [2.45, 2.75) is 31.1 Å². The van der Waals surface area contributed by atoms with E-state index in [0.29, 0.717) is 12.0 Å². The molecule has 1 fully saturated rings. The molecule has 3 nitrogen and oxygen atoms in total. The largest absolute Gasteiger partial charge is 0.457 e. The van der Waals surface area contributed by atoms with Gasteiger partial charge in [0.15, 0.2) is 5.78 Å². The zero-order valence-electron chi connectivity index (χ0n) is 17.5. The van der Waals surface area contributed by atoms with E-state index in [1.54, 1.807) is 12.1 Å². The van der Waals surface area contributed by atoms with Crippen molar-refractivity contribution >= 4 is 5.78 Å². The van der Waals surface area contributed by atoms with Gasteiger partial charge in [0.1, 0.15) is 17.3 Å². The van der Waals surface area contributed by atoms with Crippen LogP contribution in [0, 0.1) is 5.82 Å². The molecule has 31 heavy (non-hydrogen) atoms. The number of benzene rings is 3. The van der Waals surface area contributed by atoms with Crippen LogP contribution in [0.25, 0.3) is 0 Å². The van der Waals surface area contributed by atoms with Gasteiger partial charge in [-0.05, 0) is 75.3 Å². The van der Waals surface area contributed by atoms with E-state index in [-0.39, 0.29) is 17.0 Å². The normalized spacial score (nSPS) is 16.9. The third-order valence-electron chi connectivity index (χ3n) is 6.78. The molecule has 0 bridgehead atoms. The van der Waals surface area contributed by atoms with Crippen molar-refractivity contribution in [3.63, 3.8) is 0 Å². The van der Waals surface area contributed by atoms with E-state index in [2.05, 4.69) is 41.3 Å². The van der Waals surface area contributed by atoms with Gasteiger partial charge in [0.25, 0.3) is 0 Å². The second-order valence-corrected chi connectivity index (χ2v) is 8.55. The molecule has 3 aromatic carbocycles. The fourth-order valence-corrected chi connectivity index (χ4v) is 5.11. The Morgan fingerprint density at radius 3 is 2.06 bits per heavy atom. The number of carbonyl (C=O) groups is 1. The molecular weight excluding hydrogens is 389 g/mol. The molecule has 158 valence electrons. The van der Waals surface area contributed by atoms with Crippen molar-refractivity contribution < 1.29 is 13.9 Å². The number of Topliss-reactive ketones (excluding diaryl/α,β-unsaturated/α-hetero) is 1. The zero-order valence-corrected chi connectivity index (χ0v) is 17.5. The first kappa shape index (κ1) is 20.0. The Balaban J connectivity index is 1.24. The summed E-state index contributed by atoms with van der Waals surface area (Å²) < 4.78 is 19.3. The summed E-state index contributed by atoms with van der Waals surface area (Å²) in [6.07, 6.45) is 3.39. The minimum atomic E-state index is -0.310. The van der Waals surface area contributed by atoms with Gasteiger partial charge in [-0.25, -0.2) is 4.39 Å². The summed E-state index contributed by atoms with van der Waals surface area (Å²) in [7, 11) is 0. The molecule has 0 radical (unpaired) electrons. The highest BCUT2D eigenvalue weighted by Crippen LogP contribution is 2.52. The van der Waals surface area contributed by atoms with Crippen molar-refractivity contribution in [3.8, 4) is 11.5 Å². The first-order valence-electron chi connectivity index (χ1n) is 11.0. The summed E-state index contributed by atoms with van der Waals surface area (Å²) in [5, 5.41) is 0. The van der Waals surface area contributed by atoms with Gasteiger partial charge in [-0.15, -0.1) is 0 Å². The number of likely N-dealkylation sites (tertiary alicyclic amines) is 1. The van der Waals surface area contributed by atoms with E-state index >= 15 is 0 Å². The lowest BCUT2D eigenvalue weighted by molar-refractivity contribution is 0.0969. The number of hydrogen-bond acceptors (Lipinski definition) is 3. The average Bonchev–Trinajstić information content (AvgIpc) is 2.81. The third kappa shape index (κ3) is 3.77. The van der Waals surface area contributed by atoms with Crippen molar-refractivity contribution in [1.82, 2.24) is 4.90 Å². The van der Waals surface area contributed by atoms with Crippen molar-refractivity contribution in [3.05, 3.63) is 95.3 Å². The van der Waals surface area contributed by atoms with Crippen molar-refractivity contribution in [2.75, 3.05) is 19.6 Å². The number of para-hydroxylation sites is 2. The lowest BCUT2D eigenvalue weighted by Gasteiger charge is -2.46. The highest BCUT2D eigenvalue weighted by atomic mass is 19.1. The number of rotatable bonds is 5. The summed E-state index contributed by atoms with van der Waals surface area (Å²) in [4.78, 5) is 14.8. The highest BCUT2D eigenvalue weighted by molar-refractivity contribution is 5.95. The predicted molar refractivity (Wildman–Crippen MR) is 119 cm³/mol. The fourth-order valence-electron chi connectivity index (χ4n) is 5.11. The molecule has 2 aliphatic rings. The van der Waals surface area contributed by atoms with Crippen LogP contribution >= 0.6 is 0 Å². The molecule has 1 saturated heterocycles. The predicted octanol–water partition coefficient (Wildman–Crippen LogP) is 5.98. The quantitative estimate of drug-likeness (QED) is 0.480. The first-order valence-corrected chi connectivity index (χ1v) is 11.0. The van der Waals surface area contributed by atoms with Gasteiger partial charge >= 0.3 is 0 Å². The van der Waals surface area contributed by atoms with Crippen molar-refractivity contribution in [1.29, 1.82) is 0 Å². The van der Waals surface area contributed by atoms with Gasteiger partial charge in [0.2, 0.25) is 0 Å². The van der Waals surface area contributed by atoms with Crippen LogP contribution in [0.1, 0.15) is 47.2 Å². The Hall–Kier alpha value is -2.98. The molecule has 0 aromatic heterocycles. The van der Waals surface area contributed by atoms with Crippen LogP contribution in [0.15, 0.2) is 72.8 Å². The highest BCUT2D eigenvalue weighted by Gasteiger charge is 2.43. The summed E-state index contributed by atoms with van der Waals surface area (Å²) in [6.45, 7) is 2.89. The zero-order chi connectivity index (χ0) is 21.3. The van der Waals surface area contributed by atoms with Crippen LogP contribution in [0.3, 0.4) is 0 Å². The SMILES string of the molecule is O=C(CCCN1CCC2(CC1)c1ccccc1Oc1ccccc12)c1ccc(F)cc1. The molecule has 0 atom stereocenters. The maximum Gasteiger partial charge on any atom is 0.162 e. The molecule has 2 heterocycles. The summed E-state index contributed by atoms with van der Waals surface area (Å²) in [6, 6.07) is 22.7. The Morgan fingerprint density at radius 2 is 1.45 bits per heavy atom. The number of hydrogen-bond donors (Lipinski definition) is 0. The maximum absolute atomic E-state index is 13.1. The minimum Gasteiger partial charge on any atom is -0.457 e. The Morgan fingerprint density at radius 1 is 0.871 bits per heavy atom. The molecule has 2 aliphatic heterocycles. The van der Waals surface area contributed by atoms with Gasteiger partial charge in [-0.1, -0.05) is 36.4 Å². The number of piperidine rings is 1. The van der Waals surface area contributed by atoms with Gasteiger partial charge < -0.3 is 9.64 Å². The number of halogens is 1. The average molecular weight is 416 g/mol. The van der Waals surface area contributed by atoms with Crippen molar-refractivity contribution in [2.24, 2.45) is 0 Å². The fraction of sp³-hybridized carbons (Fsp3) is 0.296. The lowest BCUT2D eigenvalue weighted by atomic mass is 9.66. The topological polar surface area (TPSA) is 29.5 Å². The van der Waals surface area contributed by atoms with Crippen LogP contribution in [-0.4, -0.2) is 30.3 Å². The number of nitrogens with zero attached hydrogens (tertiary/aromatic N) is 1. The molecule has 3 aromatic rings. The number of ether oxygens (including phenoxy) is 1. The summed E-state index contributed by atoms with van der Waals surface area (Å²) >= 11 is 0. The second kappa shape index (κ2) is 8.27. The number of carbonyl (C=O) groups excluding carboxylic acids is 1. The van der Waals surface area contributed by atoms with Gasteiger partial charge in [0, 0.05) is 28.5 Å². The molecular formula is C27H26FNO2. The molecule has 0 N–H and O–H groups in total. The smallest absolute Gasteiger partial charge is 0.162 e. The van der Waals surface area contributed by atoms with E-state index in [4.69, 9.17) is 4.74 Å². The third-order valence-corrected chi connectivity index (χ3v) is 6.78. The van der Waals surface area contributed by atoms with Crippen LogP contribution in [-0.2, 0) is 5.41 Å². The monoisotopic (exact) mass is 415 g/mol. The number of fused-ring (bicyclic) bond motifs is 4. The van der Waals surface area contributed by atoms with Crippen LogP contribution < -0.4 is 4.74 Å². The van der Waals surface area contributed by atoms with Gasteiger partial charge in [0.05, 0.1) is 0 Å². The van der Waals surface area contributed by atoms with E-state index < -0.39 is 0 Å². The molecule has 0 unspecified atom stereocenters. The van der Waals surface area contributed by atoms with E-state index in [1.807, 2.05) is 12.1 Å². The number of ketones is 1. The first-order chi connectivity index (χ1) is 15.2. The standard InChI is InChI=1S/C27H26FNO2/c28-21-13-11-20(12-14-21)24(30)8-5-17-29-18-15-27(16-19-29)22-6-1-3-9-25(22)31-26-10-4-2-7-23(26)27/h1-4,6-7,9-14H,5,8,15-19H2. The Bertz CT molecular complexity index is 1040. The molecule has 0 saturated carbocycles. The molecule has 1 spiro atoms. The van der Waals surface area contributed by atoms with E-state index in [1.165, 1.54) is 23.3 Å². The van der Waals surface area contributed by atoms with E-state index in [9.17, 15) is 9.18 Å². The minimum absolute atomic E-state index is 0.00807. The molecule has 5 rings (SSSR count). The van der Waals surface area contributed by atoms with Crippen LogP contribution in [0.5, 0.6) is 11.5 Å². The van der Waals surface area contributed by atoms with Crippen LogP contribution in [0.4, 0.5) is 4.39 Å².